The van der Waals surface area contributed by atoms with E-state index in [-0.39, 0.29) is 0 Å². The minimum absolute atomic E-state index is 0.586. The summed E-state index contributed by atoms with van der Waals surface area (Å²) < 4.78 is 1.32. The van der Waals surface area contributed by atoms with Gasteiger partial charge in [-0.25, -0.2) is 0 Å². The summed E-state index contributed by atoms with van der Waals surface area (Å²) in [5.74, 6) is 0.586. The first kappa shape index (κ1) is 21.9. The smallest absolute Gasteiger partial charge is 0.196 e. The van der Waals surface area contributed by atoms with Gasteiger partial charge in [-0.05, 0) is 42.6 Å². The molecule has 0 unspecified atom stereocenters. The van der Waals surface area contributed by atoms with Gasteiger partial charge in [0.2, 0.25) is 0 Å². The number of nitrogens with one attached hydrogen (secondary N) is 2. The van der Waals surface area contributed by atoms with Crippen LogP contribution in [0.2, 0.25) is 0 Å². The van der Waals surface area contributed by atoms with Crippen molar-refractivity contribution in [1.82, 2.24) is 20.4 Å². The second-order valence-corrected chi connectivity index (χ2v) is 9.40. The van der Waals surface area contributed by atoms with Crippen molar-refractivity contribution in [3.05, 3.63) is 65.7 Å². The van der Waals surface area contributed by atoms with Crippen LogP contribution in [0.4, 0.5) is 11.5 Å². The van der Waals surface area contributed by atoms with E-state index in [4.69, 9.17) is 0 Å². The van der Waals surface area contributed by atoms with E-state index >= 15 is 0 Å². The number of benzene rings is 2. The van der Waals surface area contributed by atoms with E-state index in [1.54, 1.807) is 0 Å². The molecule has 0 spiro atoms. The summed E-state index contributed by atoms with van der Waals surface area (Å²) in [6.07, 6.45) is 1.03. The molecular weight excluding hydrogens is 410 g/mol. The molecule has 2 aromatic carbocycles. The molecule has 3 aliphatic heterocycles. The van der Waals surface area contributed by atoms with Crippen LogP contribution in [-0.4, -0.2) is 78.5 Å². The van der Waals surface area contributed by atoms with Crippen LogP contribution in [0.3, 0.4) is 0 Å². The van der Waals surface area contributed by atoms with Crippen LogP contribution >= 0.6 is 0 Å². The van der Waals surface area contributed by atoms with Crippen molar-refractivity contribution in [3.8, 4) is 11.3 Å². The van der Waals surface area contributed by atoms with Gasteiger partial charge in [-0.2, -0.15) is 5.10 Å². The molecule has 2 bridgehead atoms. The second kappa shape index (κ2) is 9.95. The number of hydrogen-bond acceptors (Lipinski definition) is 5. The first-order valence-corrected chi connectivity index (χ1v) is 12.1. The Morgan fingerprint density at radius 1 is 0.970 bits per heavy atom. The zero-order valence-corrected chi connectivity index (χ0v) is 19.5. The van der Waals surface area contributed by atoms with Crippen LogP contribution in [0.25, 0.3) is 11.3 Å². The first-order valence-electron chi connectivity index (χ1n) is 12.1. The molecule has 172 valence electrons. The number of aromatic amines is 1. The van der Waals surface area contributed by atoms with Crippen molar-refractivity contribution >= 4 is 11.5 Å². The minimum atomic E-state index is 0.586. The van der Waals surface area contributed by atoms with E-state index in [9.17, 15) is 0 Å². The molecule has 7 heteroatoms. The van der Waals surface area contributed by atoms with Crippen LogP contribution in [-0.2, 0) is 6.42 Å². The summed E-state index contributed by atoms with van der Waals surface area (Å²) in [6.45, 7) is 13.4. The molecule has 0 radical (unpaired) electrons. The molecule has 3 saturated heterocycles. The van der Waals surface area contributed by atoms with E-state index in [1.165, 1.54) is 55.9 Å². The lowest BCUT2D eigenvalue weighted by atomic mass is 10.1. The lowest BCUT2D eigenvalue weighted by molar-refractivity contribution is -0.939. The van der Waals surface area contributed by atoms with Gasteiger partial charge < -0.3 is 9.80 Å². The summed E-state index contributed by atoms with van der Waals surface area (Å²) in [5.41, 5.74) is 5.39. The number of rotatable bonds is 9. The average Bonchev–Trinajstić information content (AvgIpc) is 3.34. The van der Waals surface area contributed by atoms with Crippen LogP contribution in [0.5, 0.6) is 0 Å². The number of azo groups is 1. The molecule has 1 aromatic heterocycles. The molecule has 6 rings (SSSR count). The normalized spacial score (nSPS) is 22.3. The average molecular weight is 445 g/mol. The number of hydrogen-bond donors (Lipinski definition) is 2. The number of nitrogens with zero attached hydrogens (tertiary/aromatic N) is 5. The molecule has 7 nitrogen and oxygen atoms in total. The number of H-pyrrole nitrogens is 1. The fourth-order valence-corrected chi connectivity index (χ4v) is 4.96. The number of piperazine rings is 3. The van der Waals surface area contributed by atoms with Crippen molar-refractivity contribution < 1.29 is 4.48 Å². The van der Waals surface area contributed by atoms with Crippen molar-refractivity contribution in [2.24, 2.45) is 10.2 Å². The molecule has 33 heavy (non-hydrogen) atoms. The Labute approximate surface area is 196 Å². The Hall–Kier alpha value is -2.87. The van der Waals surface area contributed by atoms with Gasteiger partial charge in [0, 0.05) is 32.2 Å². The maximum Gasteiger partial charge on any atom is 0.196 e. The summed E-state index contributed by atoms with van der Waals surface area (Å²) in [6, 6.07) is 18.5. The first-order chi connectivity index (χ1) is 16.2. The molecule has 0 aliphatic carbocycles. The monoisotopic (exact) mass is 444 g/mol. The summed E-state index contributed by atoms with van der Waals surface area (Å²) >= 11 is 0. The molecule has 0 amide bonds. The zero-order valence-electron chi connectivity index (χ0n) is 19.5. The van der Waals surface area contributed by atoms with E-state index in [1.807, 2.05) is 36.4 Å². The summed E-state index contributed by atoms with van der Waals surface area (Å²) in [7, 11) is 0. The minimum Gasteiger partial charge on any atom is -0.319 e. The Kier molecular flexibility index (Phi) is 6.62. The number of fused-ring (bicyclic) bond motifs is 3. The molecule has 0 atom stereocenters. The second-order valence-electron chi connectivity index (χ2n) is 9.40. The van der Waals surface area contributed by atoms with Gasteiger partial charge >= 0.3 is 0 Å². The van der Waals surface area contributed by atoms with Crippen molar-refractivity contribution in [1.29, 1.82) is 0 Å². The predicted molar refractivity (Wildman–Crippen MR) is 132 cm³/mol. The highest BCUT2D eigenvalue weighted by Gasteiger charge is 2.37. The summed E-state index contributed by atoms with van der Waals surface area (Å²) in [4.78, 5) is 2.61. The van der Waals surface area contributed by atoms with Gasteiger partial charge in [0.25, 0.3) is 0 Å². The van der Waals surface area contributed by atoms with Crippen LogP contribution in [0, 0.1) is 6.92 Å². The van der Waals surface area contributed by atoms with E-state index in [0.717, 1.165) is 42.0 Å². The largest absolute Gasteiger partial charge is 0.319 e. The topological polar surface area (TPSA) is 68.7 Å². The van der Waals surface area contributed by atoms with Crippen molar-refractivity contribution in [2.45, 2.75) is 13.3 Å². The Morgan fingerprint density at radius 2 is 1.76 bits per heavy atom. The van der Waals surface area contributed by atoms with Gasteiger partial charge in [-0.3, -0.25) is 10.00 Å². The number of quaternary nitrogens is 1. The zero-order chi connectivity index (χ0) is 22.5. The third kappa shape index (κ3) is 5.38. The van der Waals surface area contributed by atoms with Gasteiger partial charge in [-0.1, -0.05) is 42.5 Å². The highest BCUT2D eigenvalue weighted by Crippen LogP contribution is 2.25. The molecular formula is C26H34N7+. The number of aryl methyl sites for hydroxylation is 1. The van der Waals surface area contributed by atoms with Gasteiger partial charge in [0.15, 0.2) is 5.82 Å². The number of aromatic nitrogens is 2. The molecule has 0 saturated carbocycles. The predicted octanol–water partition coefficient (Wildman–Crippen LogP) is 4.08. The third-order valence-electron chi connectivity index (χ3n) is 7.20. The van der Waals surface area contributed by atoms with Gasteiger partial charge in [0.05, 0.1) is 37.6 Å². The molecule has 4 heterocycles. The lowest BCUT2D eigenvalue weighted by Gasteiger charge is -2.50. The van der Waals surface area contributed by atoms with Crippen LogP contribution in [0.1, 0.15) is 11.1 Å². The van der Waals surface area contributed by atoms with Crippen LogP contribution in [0.15, 0.2) is 64.8 Å². The third-order valence-corrected chi connectivity index (χ3v) is 7.20. The van der Waals surface area contributed by atoms with E-state index in [2.05, 4.69) is 55.8 Å². The Balaban J connectivity index is 1.10. The molecule has 3 aliphatic rings. The van der Waals surface area contributed by atoms with Gasteiger partial charge in [-0.15, -0.1) is 10.2 Å². The molecule has 3 fully saturated rings. The van der Waals surface area contributed by atoms with E-state index in [0.29, 0.717) is 5.82 Å². The highest BCUT2D eigenvalue weighted by atomic mass is 15.5. The van der Waals surface area contributed by atoms with Crippen LogP contribution < -0.4 is 5.32 Å². The molecule has 2 N–H and O–H groups in total. The van der Waals surface area contributed by atoms with Crippen molar-refractivity contribution in [3.63, 3.8) is 0 Å². The summed E-state index contributed by atoms with van der Waals surface area (Å²) in [5, 5.41) is 19.7. The molecule has 3 aromatic rings. The SMILES string of the molecule is Cc1cc(CCNCC[N+]23CCN(CC2)CC3)ccc1N=Nc1cc(-c2ccccc2)[nH]n1. The fourth-order valence-electron chi connectivity index (χ4n) is 4.96. The lowest BCUT2D eigenvalue weighted by Crippen LogP contribution is -2.68. The Morgan fingerprint density at radius 3 is 2.52 bits per heavy atom. The quantitative estimate of drug-likeness (QED) is 0.297. The maximum atomic E-state index is 4.43. The Bertz CT molecular complexity index is 1070. The van der Waals surface area contributed by atoms with Crippen molar-refractivity contribution in [2.75, 3.05) is 58.9 Å². The fraction of sp³-hybridized carbons (Fsp3) is 0.423. The van der Waals surface area contributed by atoms with Gasteiger partial charge in [0.1, 0.15) is 0 Å². The maximum absolute atomic E-state index is 4.43. The highest BCUT2D eigenvalue weighted by molar-refractivity contribution is 5.61. The standard InChI is InChI=1S/C26H34N7/c1-21-19-22(9-10-27-11-15-33-16-12-32(13-17-33)14-18-33)7-8-24(21)28-30-26-20-25(29-31-26)23-5-3-2-4-6-23/h2-8,19-20,27H,9-18H2,1H3,(H,29,31)/q+1. The van der Waals surface area contributed by atoms with E-state index < -0.39 is 0 Å².